The van der Waals surface area contributed by atoms with Crippen molar-refractivity contribution in [2.45, 2.75) is 84.2 Å². The Hall–Kier alpha value is -0.466. The Morgan fingerprint density at radius 2 is 1.19 bits per heavy atom. The second kappa shape index (κ2) is 8.50. The van der Waals surface area contributed by atoms with Crippen molar-refractivity contribution in [3.05, 3.63) is 17.7 Å². The molecular weight excluding hydrogens is 436 g/mol. The molecule has 0 saturated heterocycles. The lowest BCUT2D eigenvalue weighted by Gasteiger charge is -2.39. The fourth-order valence-electron chi connectivity index (χ4n) is 2.09. The lowest BCUT2D eigenvalue weighted by atomic mass is 10.1. The molecule has 0 heterocycles. The zero-order valence-corrected chi connectivity index (χ0v) is 22.8. The summed E-state index contributed by atoms with van der Waals surface area (Å²) in [5, 5.41) is 1.13. The summed E-state index contributed by atoms with van der Waals surface area (Å²) in [5.74, 6) is 2.36. The van der Waals surface area contributed by atoms with Gasteiger partial charge in [0.05, 0.1) is 7.11 Å². The second-order valence-electron chi connectivity index (χ2n) is 10.3. The maximum Gasteiger partial charge on any atom is 0.250 e. The van der Waals surface area contributed by atoms with E-state index in [2.05, 4.69) is 95.8 Å². The number of ether oxygens (including phenoxy) is 1. The van der Waals surface area contributed by atoms with Crippen molar-refractivity contribution in [3.8, 4) is 17.2 Å². The fourth-order valence-corrected chi connectivity index (χ4v) is 4.57. The first-order chi connectivity index (χ1) is 12.1. The van der Waals surface area contributed by atoms with Crippen LogP contribution in [-0.4, -0.2) is 29.1 Å². The highest BCUT2D eigenvalue weighted by atomic mass is 79.9. The second-order valence-corrected chi connectivity index (χ2v) is 20.5. The minimum Gasteiger partial charge on any atom is -0.541 e. The van der Waals surface area contributed by atoms with Crippen molar-refractivity contribution in [1.82, 2.24) is 0 Å². The van der Waals surface area contributed by atoms with Gasteiger partial charge in [0.2, 0.25) is 5.75 Å². The van der Waals surface area contributed by atoms with Crippen LogP contribution in [-0.2, 0) is 6.42 Å². The van der Waals surface area contributed by atoms with E-state index in [1.54, 1.807) is 7.11 Å². The normalized spacial score (nSPS) is 13.5. The fraction of sp³-hybridized carbons (Fsp3) is 0.714. The van der Waals surface area contributed by atoms with Crippen LogP contribution in [0.1, 0.15) is 47.1 Å². The first kappa shape index (κ1) is 24.6. The minimum atomic E-state index is -1.99. The third kappa shape index (κ3) is 6.00. The van der Waals surface area contributed by atoms with Crippen molar-refractivity contribution in [2.24, 2.45) is 0 Å². The van der Waals surface area contributed by atoms with E-state index in [4.69, 9.17) is 13.6 Å². The first-order valence-corrected chi connectivity index (χ1v) is 16.6. The number of rotatable bonds is 7. The molecule has 1 rings (SSSR count). The molecule has 0 radical (unpaired) electrons. The van der Waals surface area contributed by atoms with Gasteiger partial charge in [-0.15, -0.1) is 0 Å². The average molecular weight is 476 g/mol. The molecule has 0 aliphatic carbocycles. The zero-order valence-electron chi connectivity index (χ0n) is 19.2. The molecule has 3 nitrogen and oxygen atoms in total. The summed E-state index contributed by atoms with van der Waals surface area (Å²) in [6, 6.07) is 4.25. The van der Waals surface area contributed by atoms with E-state index in [0.717, 1.165) is 29.0 Å². The van der Waals surface area contributed by atoms with Gasteiger partial charge in [0.15, 0.2) is 11.5 Å². The molecule has 1 aromatic carbocycles. The van der Waals surface area contributed by atoms with Crippen LogP contribution in [0.4, 0.5) is 0 Å². The van der Waals surface area contributed by atoms with Crippen LogP contribution in [0.15, 0.2) is 12.1 Å². The van der Waals surface area contributed by atoms with Gasteiger partial charge in [-0.1, -0.05) is 57.5 Å². The number of aryl methyl sites for hydroxylation is 1. The topological polar surface area (TPSA) is 27.7 Å². The molecule has 0 atom stereocenters. The summed E-state index contributed by atoms with van der Waals surface area (Å²) in [5.41, 5.74) is 1.20. The maximum atomic E-state index is 6.65. The molecule has 1 aromatic rings. The Balaban J connectivity index is 3.49. The van der Waals surface area contributed by atoms with Gasteiger partial charge in [-0.05, 0) is 60.4 Å². The standard InChI is InChI=1S/C21H39BrO3Si2/c1-20(2,3)26(8,9)24-17-14-16(12-13-22)15-18(19(17)23-7)25-27(10,11)21(4,5)6/h14-15H,12-13H2,1-11H3. The Labute approximate surface area is 177 Å². The zero-order chi connectivity index (χ0) is 21.3. The van der Waals surface area contributed by atoms with Gasteiger partial charge in [-0.3, -0.25) is 0 Å². The lowest BCUT2D eigenvalue weighted by molar-refractivity contribution is 0.363. The molecule has 27 heavy (non-hydrogen) atoms. The van der Waals surface area contributed by atoms with Crippen molar-refractivity contribution in [2.75, 3.05) is 12.4 Å². The van der Waals surface area contributed by atoms with Gasteiger partial charge in [-0.25, -0.2) is 0 Å². The number of hydrogen-bond acceptors (Lipinski definition) is 3. The molecule has 0 aliphatic rings. The molecule has 0 fully saturated rings. The van der Waals surface area contributed by atoms with Crippen LogP contribution >= 0.6 is 15.9 Å². The van der Waals surface area contributed by atoms with E-state index >= 15 is 0 Å². The Morgan fingerprint density at radius 3 is 1.44 bits per heavy atom. The summed E-state index contributed by atoms with van der Waals surface area (Å²) in [7, 11) is -2.28. The van der Waals surface area contributed by atoms with Gasteiger partial charge >= 0.3 is 0 Å². The highest BCUT2D eigenvalue weighted by Crippen LogP contribution is 2.47. The number of benzene rings is 1. The van der Waals surface area contributed by atoms with Crippen molar-refractivity contribution < 1.29 is 13.6 Å². The number of halogens is 1. The Morgan fingerprint density at radius 1 is 0.815 bits per heavy atom. The lowest BCUT2D eigenvalue weighted by Crippen LogP contribution is -2.44. The summed E-state index contributed by atoms with van der Waals surface area (Å²) < 4.78 is 19.1. The average Bonchev–Trinajstić information content (AvgIpc) is 2.44. The molecule has 156 valence electrons. The van der Waals surface area contributed by atoms with Crippen LogP contribution in [0.2, 0.25) is 36.3 Å². The smallest absolute Gasteiger partial charge is 0.250 e. The number of alkyl halides is 1. The number of methoxy groups -OCH3 is 1. The van der Waals surface area contributed by atoms with E-state index in [0.29, 0.717) is 0 Å². The highest BCUT2D eigenvalue weighted by molar-refractivity contribution is 9.09. The summed E-state index contributed by atoms with van der Waals surface area (Å²) in [4.78, 5) is 0. The van der Waals surface area contributed by atoms with Crippen molar-refractivity contribution in [3.63, 3.8) is 0 Å². The van der Waals surface area contributed by atoms with Gasteiger partial charge in [-0.2, -0.15) is 0 Å². The monoisotopic (exact) mass is 474 g/mol. The third-order valence-corrected chi connectivity index (χ3v) is 15.1. The summed E-state index contributed by atoms with van der Waals surface area (Å²) >= 11 is 3.56. The van der Waals surface area contributed by atoms with Crippen LogP contribution < -0.4 is 13.6 Å². The van der Waals surface area contributed by atoms with Crippen LogP contribution in [0.3, 0.4) is 0 Å². The van der Waals surface area contributed by atoms with Crippen molar-refractivity contribution >= 4 is 32.6 Å². The van der Waals surface area contributed by atoms with Crippen LogP contribution in [0.25, 0.3) is 0 Å². The third-order valence-electron chi connectivity index (χ3n) is 6.01. The summed E-state index contributed by atoms with van der Waals surface area (Å²) in [6.07, 6.45) is 0.922. The highest BCUT2D eigenvalue weighted by Gasteiger charge is 2.42. The largest absolute Gasteiger partial charge is 0.541 e. The van der Waals surface area contributed by atoms with Crippen LogP contribution in [0.5, 0.6) is 17.2 Å². The van der Waals surface area contributed by atoms with Crippen molar-refractivity contribution in [1.29, 1.82) is 0 Å². The molecule has 0 aliphatic heterocycles. The first-order valence-electron chi connectivity index (χ1n) is 9.70. The number of hydrogen-bond donors (Lipinski definition) is 0. The van der Waals surface area contributed by atoms with E-state index in [9.17, 15) is 0 Å². The Kier molecular flexibility index (Phi) is 7.73. The predicted octanol–water partition coefficient (Wildman–Crippen LogP) is 7.40. The Bertz CT molecular complexity index is 595. The van der Waals surface area contributed by atoms with E-state index in [-0.39, 0.29) is 10.1 Å². The van der Waals surface area contributed by atoms with Gasteiger partial charge in [0.25, 0.3) is 16.6 Å². The molecule has 0 N–H and O–H groups in total. The minimum absolute atomic E-state index is 0.115. The SMILES string of the molecule is COc1c(O[Si](C)(C)C(C)(C)C)cc(CCBr)cc1O[Si](C)(C)C(C)(C)C. The molecular formula is C21H39BrO3Si2. The van der Waals surface area contributed by atoms with Gasteiger partial charge < -0.3 is 13.6 Å². The van der Waals surface area contributed by atoms with E-state index < -0.39 is 16.6 Å². The molecule has 0 unspecified atom stereocenters. The quantitative estimate of drug-likeness (QED) is 0.304. The van der Waals surface area contributed by atoms with Gasteiger partial charge in [0, 0.05) is 5.33 Å². The summed E-state index contributed by atoms with van der Waals surface area (Å²) in [6.45, 7) is 22.6. The molecule has 0 aromatic heterocycles. The maximum absolute atomic E-state index is 6.65. The predicted molar refractivity (Wildman–Crippen MR) is 126 cm³/mol. The molecule has 0 saturated carbocycles. The molecule has 0 spiro atoms. The van der Waals surface area contributed by atoms with E-state index in [1.807, 2.05) is 0 Å². The van der Waals surface area contributed by atoms with Gasteiger partial charge in [0.1, 0.15) is 0 Å². The van der Waals surface area contributed by atoms with E-state index in [1.165, 1.54) is 5.56 Å². The molecule has 0 amide bonds. The van der Waals surface area contributed by atoms with Crippen LogP contribution in [0, 0.1) is 0 Å². The molecule has 6 heteroatoms. The molecule has 0 bridgehead atoms.